The molecule has 1 fully saturated rings. The summed E-state index contributed by atoms with van der Waals surface area (Å²) in [6.45, 7) is 1.94. The van der Waals surface area contributed by atoms with Crippen molar-refractivity contribution in [1.29, 1.82) is 0 Å². The Labute approximate surface area is 157 Å². The Balaban J connectivity index is 1.59. The van der Waals surface area contributed by atoms with Gasteiger partial charge in [0.05, 0.1) is 11.9 Å². The number of halogens is 1. The van der Waals surface area contributed by atoms with E-state index in [4.69, 9.17) is 11.6 Å². The van der Waals surface area contributed by atoms with E-state index in [0.29, 0.717) is 22.2 Å². The maximum absolute atomic E-state index is 12.6. The number of aromatic nitrogens is 2. The van der Waals surface area contributed by atoms with E-state index in [2.05, 4.69) is 15.3 Å². The van der Waals surface area contributed by atoms with E-state index in [1.54, 1.807) is 18.5 Å². The summed E-state index contributed by atoms with van der Waals surface area (Å²) in [5, 5.41) is 3.60. The Morgan fingerprint density at radius 3 is 2.77 bits per heavy atom. The molecule has 0 saturated heterocycles. The number of benzene rings is 1. The first-order valence-electron chi connectivity index (χ1n) is 8.60. The second kappa shape index (κ2) is 6.89. The van der Waals surface area contributed by atoms with Gasteiger partial charge in [-0.25, -0.2) is 0 Å². The zero-order valence-corrected chi connectivity index (χ0v) is 15.1. The minimum Gasteiger partial charge on any atom is -0.321 e. The van der Waals surface area contributed by atoms with Crippen molar-refractivity contribution in [3.63, 3.8) is 0 Å². The highest BCUT2D eigenvalue weighted by Crippen LogP contribution is 2.39. The molecule has 0 atom stereocenters. The van der Waals surface area contributed by atoms with Gasteiger partial charge in [0.25, 0.3) is 5.91 Å². The molecule has 1 saturated carbocycles. The summed E-state index contributed by atoms with van der Waals surface area (Å²) >= 11 is 6.10. The molecular weight excluding hydrogens is 346 g/mol. The Bertz CT molecular complexity index is 982. The lowest BCUT2D eigenvalue weighted by molar-refractivity contribution is 0.102. The predicted octanol–water partition coefficient (Wildman–Crippen LogP) is 5.24. The smallest absolute Gasteiger partial charge is 0.255 e. The van der Waals surface area contributed by atoms with E-state index in [1.807, 2.05) is 43.3 Å². The second-order valence-corrected chi connectivity index (χ2v) is 7.00. The van der Waals surface area contributed by atoms with E-state index < -0.39 is 0 Å². The molecule has 1 aromatic carbocycles. The zero-order chi connectivity index (χ0) is 18.1. The third kappa shape index (κ3) is 3.60. The van der Waals surface area contributed by atoms with Crippen LogP contribution in [0, 0.1) is 6.92 Å². The van der Waals surface area contributed by atoms with Gasteiger partial charge in [0.2, 0.25) is 0 Å². The van der Waals surface area contributed by atoms with Gasteiger partial charge >= 0.3 is 0 Å². The van der Waals surface area contributed by atoms with E-state index in [-0.39, 0.29) is 5.91 Å². The third-order valence-electron chi connectivity index (χ3n) is 4.52. The standard InChI is InChI=1S/C21H18ClN3O/c1-13-19(15-3-2-4-17(22)9-15)11-18(12-24-13)25-21(26)16-7-8-23-20(10-16)14-5-6-14/h2-4,7-12,14H,5-6H2,1H3,(H,25,26). The number of nitrogens with zero attached hydrogens (tertiary/aromatic N) is 2. The summed E-state index contributed by atoms with van der Waals surface area (Å²) in [7, 11) is 0. The molecule has 0 bridgehead atoms. The second-order valence-electron chi connectivity index (χ2n) is 6.57. The summed E-state index contributed by atoms with van der Waals surface area (Å²) in [4.78, 5) is 21.4. The van der Waals surface area contributed by atoms with Crippen LogP contribution in [0.2, 0.25) is 5.02 Å². The highest BCUT2D eigenvalue weighted by Gasteiger charge is 2.25. The van der Waals surface area contributed by atoms with Crippen molar-refractivity contribution in [1.82, 2.24) is 9.97 Å². The molecule has 3 aromatic rings. The van der Waals surface area contributed by atoms with Crippen LogP contribution in [0.25, 0.3) is 11.1 Å². The number of hydrogen-bond acceptors (Lipinski definition) is 3. The van der Waals surface area contributed by atoms with Crippen molar-refractivity contribution in [2.75, 3.05) is 5.32 Å². The van der Waals surface area contributed by atoms with Crippen LogP contribution in [-0.2, 0) is 0 Å². The highest BCUT2D eigenvalue weighted by molar-refractivity contribution is 6.30. The first-order valence-corrected chi connectivity index (χ1v) is 8.98. The van der Waals surface area contributed by atoms with Gasteiger partial charge in [-0.1, -0.05) is 23.7 Å². The zero-order valence-electron chi connectivity index (χ0n) is 14.4. The summed E-state index contributed by atoms with van der Waals surface area (Å²) in [6.07, 6.45) is 5.68. The van der Waals surface area contributed by atoms with E-state index >= 15 is 0 Å². The predicted molar refractivity (Wildman–Crippen MR) is 104 cm³/mol. The molecule has 130 valence electrons. The van der Waals surface area contributed by atoms with Gasteiger partial charge in [0.15, 0.2) is 0 Å². The van der Waals surface area contributed by atoms with Crippen molar-refractivity contribution in [2.24, 2.45) is 0 Å². The van der Waals surface area contributed by atoms with Crippen LogP contribution in [0.15, 0.2) is 54.9 Å². The van der Waals surface area contributed by atoms with Crippen molar-refractivity contribution >= 4 is 23.2 Å². The molecule has 26 heavy (non-hydrogen) atoms. The lowest BCUT2D eigenvalue weighted by atomic mass is 10.0. The largest absolute Gasteiger partial charge is 0.321 e. The molecule has 1 aliphatic carbocycles. The molecular formula is C21H18ClN3O. The summed E-state index contributed by atoms with van der Waals surface area (Å²) in [6, 6.07) is 13.1. The fraction of sp³-hybridized carbons (Fsp3) is 0.190. The Morgan fingerprint density at radius 2 is 2.00 bits per heavy atom. The van der Waals surface area contributed by atoms with E-state index in [9.17, 15) is 4.79 Å². The van der Waals surface area contributed by atoms with Crippen LogP contribution < -0.4 is 5.32 Å². The van der Waals surface area contributed by atoms with Crippen LogP contribution >= 0.6 is 11.6 Å². The SMILES string of the molecule is Cc1ncc(NC(=O)c2ccnc(C3CC3)c2)cc1-c1cccc(Cl)c1. The van der Waals surface area contributed by atoms with Crippen molar-refractivity contribution in [2.45, 2.75) is 25.7 Å². The Hall–Kier alpha value is -2.72. The van der Waals surface area contributed by atoms with Gasteiger partial charge in [0.1, 0.15) is 0 Å². The molecule has 1 amide bonds. The number of anilines is 1. The Kier molecular flexibility index (Phi) is 4.43. The summed E-state index contributed by atoms with van der Waals surface area (Å²) in [5.74, 6) is 0.357. The number of carbonyl (C=O) groups excluding carboxylic acids is 1. The van der Waals surface area contributed by atoms with Crippen LogP contribution in [0.3, 0.4) is 0 Å². The van der Waals surface area contributed by atoms with E-state index in [1.165, 1.54) is 0 Å². The van der Waals surface area contributed by atoms with Crippen LogP contribution in [0.1, 0.15) is 40.5 Å². The van der Waals surface area contributed by atoms with Crippen molar-refractivity contribution < 1.29 is 4.79 Å². The number of rotatable bonds is 4. The average molecular weight is 364 g/mol. The van der Waals surface area contributed by atoms with Crippen LogP contribution in [-0.4, -0.2) is 15.9 Å². The van der Waals surface area contributed by atoms with Gasteiger partial charge in [-0.15, -0.1) is 0 Å². The fourth-order valence-corrected chi connectivity index (χ4v) is 3.14. The maximum Gasteiger partial charge on any atom is 0.255 e. The fourth-order valence-electron chi connectivity index (χ4n) is 2.94. The number of aryl methyl sites for hydroxylation is 1. The lowest BCUT2D eigenvalue weighted by Gasteiger charge is -2.10. The summed E-state index contributed by atoms with van der Waals surface area (Å²) < 4.78 is 0. The van der Waals surface area contributed by atoms with Gasteiger partial charge in [0, 0.05) is 39.7 Å². The molecule has 2 heterocycles. The molecule has 4 nitrogen and oxygen atoms in total. The monoisotopic (exact) mass is 363 g/mol. The molecule has 4 rings (SSSR count). The quantitative estimate of drug-likeness (QED) is 0.690. The molecule has 0 spiro atoms. The minimum absolute atomic E-state index is 0.156. The first kappa shape index (κ1) is 16.7. The van der Waals surface area contributed by atoms with Gasteiger partial charge < -0.3 is 5.32 Å². The molecule has 0 aliphatic heterocycles. The molecule has 5 heteroatoms. The number of amides is 1. The lowest BCUT2D eigenvalue weighted by Crippen LogP contribution is -2.13. The van der Waals surface area contributed by atoms with Gasteiger partial charge in [-0.3, -0.25) is 14.8 Å². The van der Waals surface area contributed by atoms with Gasteiger partial charge in [-0.05, 0) is 55.7 Å². The number of nitrogens with one attached hydrogen (secondary N) is 1. The number of pyridine rings is 2. The van der Waals surface area contributed by atoms with Crippen molar-refractivity contribution in [3.8, 4) is 11.1 Å². The summed E-state index contributed by atoms with van der Waals surface area (Å²) in [5.41, 5.74) is 5.06. The Morgan fingerprint density at radius 1 is 1.15 bits per heavy atom. The average Bonchev–Trinajstić information content (AvgIpc) is 3.48. The van der Waals surface area contributed by atoms with Gasteiger partial charge in [-0.2, -0.15) is 0 Å². The first-order chi connectivity index (χ1) is 12.6. The molecule has 0 radical (unpaired) electrons. The maximum atomic E-state index is 12.6. The number of carbonyl (C=O) groups is 1. The van der Waals surface area contributed by atoms with Crippen LogP contribution in [0.4, 0.5) is 5.69 Å². The molecule has 2 aromatic heterocycles. The molecule has 1 aliphatic rings. The normalized spacial score (nSPS) is 13.5. The topological polar surface area (TPSA) is 54.9 Å². The van der Waals surface area contributed by atoms with Crippen LogP contribution in [0.5, 0.6) is 0 Å². The van der Waals surface area contributed by atoms with E-state index in [0.717, 1.165) is 35.4 Å². The third-order valence-corrected chi connectivity index (χ3v) is 4.75. The minimum atomic E-state index is -0.156. The van der Waals surface area contributed by atoms with Crippen molar-refractivity contribution in [3.05, 3.63) is 76.8 Å². The number of hydrogen-bond donors (Lipinski definition) is 1. The molecule has 0 unspecified atom stereocenters. The molecule has 1 N–H and O–H groups in total. The highest BCUT2D eigenvalue weighted by atomic mass is 35.5.